The number of rotatable bonds is 3. The van der Waals surface area contributed by atoms with Crippen molar-refractivity contribution in [1.82, 2.24) is 5.32 Å². The van der Waals surface area contributed by atoms with Crippen LogP contribution in [0.4, 0.5) is 0 Å². The maximum absolute atomic E-state index is 13.3. The lowest BCUT2D eigenvalue weighted by molar-refractivity contribution is -0.146. The second-order valence-electron chi connectivity index (χ2n) is 8.00. The smallest absolute Gasteiger partial charge is 0.336 e. The number of halogens is 1. The van der Waals surface area contributed by atoms with Gasteiger partial charge in [0.25, 0.3) is 0 Å². The Hall–Kier alpha value is -1.63. The van der Waals surface area contributed by atoms with Crippen molar-refractivity contribution in [1.29, 1.82) is 0 Å². The van der Waals surface area contributed by atoms with Gasteiger partial charge in [0.05, 0.1) is 11.5 Å². The lowest BCUT2D eigenvalue weighted by Gasteiger charge is -2.38. The minimum atomic E-state index is -0.329. The summed E-state index contributed by atoms with van der Waals surface area (Å²) in [4.78, 5) is 26.2. The molecule has 1 saturated carbocycles. The van der Waals surface area contributed by atoms with Gasteiger partial charge in [-0.3, -0.25) is 4.79 Å². The average molecular weight is 491 g/mol. The molecule has 1 N–H and O–H groups in total. The lowest BCUT2D eigenvalue weighted by atomic mass is 9.71. The van der Waals surface area contributed by atoms with E-state index in [2.05, 4.69) is 40.1 Å². The van der Waals surface area contributed by atoms with Gasteiger partial charge in [-0.2, -0.15) is 0 Å². The molecule has 1 fully saturated rings. The quantitative estimate of drug-likeness (QED) is 0.478. The summed E-state index contributed by atoms with van der Waals surface area (Å²) in [6.45, 7) is 1.93. The molecule has 2 atom stereocenters. The number of hydrogen-bond donors (Lipinski definition) is 1. The van der Waals surface area contributed by atoms with Crippen LogP contribution in [-0.4, -0.2) is 17.9 Å². The number of ether oxygens (including phenoxy) is 1. The first kappa shape index (κ1) is 19.7. The van der Waals surface area contributed by atoms with Crippen LogP contribution in [0.1, 0.15) is 63.4 Å². The van der Waals surface area contributed by atoms with Crippen molar-refractivity contribution in [3.63, 3.8) is 0 Å². The Balaban J connectivity index is 1.74. The molecule has 28 heavy (non-hydrogen) atoms. The van der Waals surface area contributed by atoms with E-state index in [1.165, 1.54) is 6.42 Å². The van der Waals surface area contributed by atoms with E-state index in [-0.39, 0.29) is 29.7 Å². The van der Waals surface area contributed by atoms with Gasteiger partial charge in [0.15, 0.2) is 0 Å². The SMILES string of the molecule is CC1=C(C(=O)OC2CCCCC2)C(c2cccc(I)c2)C2C(=O)CCC=C2N1. The molecule has 3 aliphatic rings. The third-order valence-electron chi connectivity index (χ3n) is 6.07. The van der Waals surface area contributed by atoms with E-state index in [1.807, 2.05) is 25.1 Å². The number of allylic oxidation sites excluding steroid dienone is 3. The highest BCUT2D eigenvalue weighted by Gasteiger charge is 2.43. The van der Waals surface area contributed by atoms with E-state index in [1.54, 1.807) is 0 Å². The molecule has 0 aromatic heterocycles. The van der Waals surface area contributed by atoms with Gasteiger partial charge >= 0.3 is 5.97 Å². The van der Waals surface area contributed by atoms with Crippen LogP contribution in [0.5, 0.6) is 0 Å². The fraction of sp³-hybridized carbons (Fsp3) is 0.478. The van der Waals surface area contributed by atoms with Gasteiger partial charge in [-0.25, -0.2) is 4.79 Å². The molecule has 0 saturated heterocycles. The van der Waals surface area contributed by atoms with Crippen molar-refractivity contribution in [2.45, 2.75) is 63.9 Å². The molecule has 0 radical (unpaired) electrons. The second kappa shape index (κ2) is 8.39. The number of fused-ring (bicyclic) bond motifs is 1. The Labute approximate surface area is 179 Å². The summed E-state index contributed by atoms with van der Waals surface area (Å²) in [7, 11) is 0. The average Bonchev–Trinajstić information content (AvgIpc) is 2.68. The number of benzene rings is 1. The monoisotopic (exact) mass is 491 g/mol. The van der Waals surface area contributed by atoms with Crippen LogP contribution in [0.25, 0.3) is 0 Å². The second-order valence-corrected chi connectivity index (χ2v) is 9.25. The molecule has 2 unspecified atom stereocenters. The van der Waals surface area contributed by atoms with Crippen LogP contribution in [-0.2, 0) is 14.3 Å². The molecule has 0 amide bonds. The van der Waals surface area contributed by atoms with Gasteiger partial charge in [-0.05, 0) is 79.3 Å². The largest absolute Gasteiger partial charge is 0.459 e. The molecule has 1 aromatic carbocycles. The topological polar surface area (TPSA) is 55.4 Å². The molecular formula is C23H26INO3. The first-order valence-corrected chi connectivity index (χ1v) is 11.3. The number of carbonyl (C=O) groups is 2. The molecule has 4 nitrogen and oxygen atoms in total. The van der Waals surface area contributed by atoms with Gasteiger partial charge in [0.2, 0.25) is 0 Å². The first-order chi connectivity index (χ1) is 13.5. The number of ketones is 1. The van der Waals surface area contributed by atoms with Crippen LogP contribution < -0.4 is 5.32 Å². The van der Waals surface area contributed by atoms with Gasteiger partial charge < -0.3 is 10.1 Å². The Morgan fingerprint density at radius 3 is 2.71 bits per heavy atom. The van der Waals surface area contributed by atoms with Crippen molar-refractivity contribution >= 4 is 34.3 Å². The number of nitrogens with one attached hydrogen (secondary N) is 1. The normalized spacial score (nSPS) is 25.6. The Kier molecular flexibility index (Phi) is 5.90. The Bertz CT molecular complexity index is 851. The van der Waals surface area contributed by atoms with Crippen LogP contribution in [0.3, 0.4) is 0 Å². The minimum Gasteiger partial charge on any atom is -0.459 e. The van der Waals surface area contributed by atoms with Crippen LogP contribution in [0.15, 0.2) is 47.3 Å². The highest BCUT2D eigenvalue weighted by molar-refractivity contribution is 14.1. The fourth-order valence-corrected chi connectivity index (χ4v) is 5.31. The number of esters is 1. The zero-order chi connectivity index (χ0) is 19.7. The molecule has 0 spiro atoms. The summed E-state index contributed by atoms with van der Waals surface area (Å²) in [6.07, 6.45) is 8.71. The maximum atomic E-state index is 13.3. The maximum Gasteiger partial charge on any atom is 0.336 e. The van der Waals surface area contributed by atoms with E-state index in [4.69, 9.17) is 4.74 Å². The van der Waals surface area contributed by atoms with Gasteiger partial charge in [0, 0.05) is 27.3 Å². The molecule has 4 rings (SSSR count). The van der Waals surface area contributed by atoms with Crippen LogP contribution in [0, 0.1) is 9.49 Å². The van der Waals surface area contributed by atoms with Crippen molar-refractivity contribution in [2.75, 3.05) is 0 Å². The lowest BCUT2D eigenvalue weighted by Crippen LogP contribution is -2.41. The summed E-state index contributed by atoms with van der Waals surface area (Å²) in [5, 5.41) is 3.35. The highest BCUT2D eigenvalue weighted by Crippen LogP contribution is 2.44. The molecular weight excluding hydrogens is 465 g/mol. The zero-order valence-corrected chi connectivity index (χ0v) is 18.3. The van der Waals surface area contributed by atoms with Crippen molar-refractivity contribution in [3.05, 3.63) is 56.4 Å². The van der Waals surface area contributed by atoms with Crippen molar-refractivity contribution < 1.29 is 14.3 Å². The molecule has 1 heterocycles. The number of carbonyl (C=O) groups excluding carboxylic acids is 2. The highest BCUT2D eigenvalue weighted by atomic mass is 127. The Morgan fingerprint density at radius 1 is 1.18 bits per heavy atom. The molecule has 2 aliphatic carbocycles. The van der Waals surface area contributed by atoms with Crippen LogP contribution in [0.2, 0.25) is 0 Å². The third-order valence-corrected chi connectivity index (χ3v) is 6.74. The standard InChI is InChI=1S/C23H26INO3/c1-14-20(23(27)28-17-9-3-2-4-10-17)21(15-7-5-8-16(24)13-15)22-18(25-14)11-6-12-19(22)26/h5,7-8,11,13,17,21-22,25H,2-4,6,9-10,12H2,1H3. The predicted molar refractivity (Wildman–Crippen MR) is 117 cm³/mol. The number of hydrogen-bond acceptors (Lipinski definition) is 4. The summed E-state index contributed by atoms with van der Waals surface area (Å²) in [6, 6.07) is 8.13. The van der Waals surface area contributed by atoms with E-state index in [0.717, 1.165) is 52.6 Å². The van der Waals surface area contributed by atoms with Gasteiger partial charge in [-0.15, -0.1) is 0 Å². The predicted octanol–water partition coefficient (Wildman–Crippen LogP) is 4.99. The summed E-state index contributed by atoms with van der Waals surface area (Å²) in [5.74, 6) is -0.682. The Morgan fingerprint density at radius 2 is 1.96 bits per heavy atom. The van der Waals surface area contributed by atoms with E-state index >= 15 is 0 Å². The van der Waals surface area contributed by atoms with E-state index in [9.17, 15) is 9.59 Å². The summed E-state index contributed by atoms with van der Waals surface area (Å²) < 4.78 is 7.03. The zero-order valence-electron chi connectivity index (χ0n) is 16.2. The van der Waals surface area contributed by atoms with Gasteiger partial charge in [0.1, 0.15) is 11.9 Å². The molecule has 148 valence electrons. The molecule has 5 heteroatoms. The number of Topliss-reactive ketones (excluding diaryl/α,β-unsaturated/α-hetero) is 1. The third kappa shape index (κ3) is 3.91. The van der Waals surface area contributed by atoms with Crippen LogP contribution >= 0.6 is 22.6 Å². The fourth-order valence-electron chi connectivity index (χ4n) is 4.74. The van der Waals surface area contributed by atoms with E-state index in [0.29, 0.717) is 12.0 Å². The first-order valence-electron chi connectivity index (χ1n) is 10.2. The summed E-state index contributed by atoms with van der Waals surface area (Å²) in [5.41, 5.74) is 3.37. The molecule has 1 aliphatic heterocycles. The summed E-state index contributed by atoms with van der Waals surface area (Å²) >= 11 is 2.28. The van der Waals surface area contributed by atoms with Crippen molar-refractivity contribution in [2.24, 2.45) is 5.92 Å². The minimum absolute atomic E-state index is 0.00268. The molecule has 1 aromatic rings. The molecule has 0 bridgehead atoms. The van der Waals surface area contributed by atoms with Gasteiger partial charge in [-0.1, -0.05) is 24.6 Å². The van der Waals surface area contributed by atoms with Crippen molar-refractivity contribution in [3.8, 4) is 0 Å². The van der Waals surface area contributed by atoms with E-state index < -0.39 is 0 Å².